The highest BCUT2D eigenvalue weighted by atomic mass is 35.5. The van der Waals surface area contributed by atoms with E-state index >= 15 is 0 Å². The van der Waals surface area contributed by atoms with Gasteiger partial charge in [0.05, 0.1) is 5.54 Å². The summed E-state index contributed by atoms with van der Waals surface area (Å²) in [6, 6.07) is 7.63. The van der Waals surface area contributed by atoms with Crippen LogP contribution in [0.1, 0.15) is 18.9 Å². The molecule has 4 nitrogen and oxygen atoms in total. The predicted octanol–water partition coefficient (Wildman–Crippen LogP) is 2.66. The highest BCUT2D eigenvalue weighted by Crippen LogP contribution is 2.36. The average molecular weight is 295 g/mol. The number of carbonyl (C=O) groups excluding carboxylic acids is 1. The summed E-state index contributed by atoms with van der Waals surface area (Å²) in [5.41, 5.74) is 0.852. The Hall–Kier alpha value is -1.26. The van der Waals surface area contributed by atoms with Crippen LogP contribution in [0.5, 0.6) is 0 Å². The van der Waals surface area contributed by atoms with Crippen LogP contribution in [0.25, 0.3) is 0 Å². The summed E-state index contributed by atoms with van der Waals surface area (Å²) in [5.74, 6) is 0.446. The van der Waals surface area contributed by atoms with Crippen molar-refractivity contribution in [3.05, 3.63) is 34.9 Å². The van der Waals surface area contributed by atoms with Crippen LogP contribution in [0.4, 0.5) is 4.79 Å². The van der Waals surface area contributed by atoms with Gasteiger partial charge in [0.1, 0.15) is 6.61 Å². The van der Waals surface area contributed by atoms with E-state index in [1.54, 1.807) is 0 Å². The van der Waals surface area contributed by atoms with Crippen molar-refractivity contribution < 1.29 is 9.53 Å². The molecule has 0 aliphatic carbocycles. The number of benzene rings is 1. The lowest BCUT2D eigenvalue weighted by molar-refractivity contribution is 0.117. The average Bonchev–Trinajstić information content (AvgIpc) is 3.06. The molecule has 2 saturated heterocycles. The van der Waals surface area contributed by atoms with Crippen molar-refractivity contribution >= 4 is 17.7 Å². The molecule has 0 aromatic heterocycles. The molecule has 1 amide bonds. The topological polar surface area (TPSA) is 41.6 Å². The molecule has 0 spiro atoms. The summed E-state index contributed by atoms with van der Waals surface area (Å²) < 4.78 is 5.32. The molecule has 0 saturated carbocycles. The molecule has 1 aromatic rings. The Kier molecular flexibility index (Phi) is 3.61. The lowest BCUT2D eigenvalue weighted by Gasteiger charge is -2.36. The number of nitrogens with zero attached hydrogens (tertiary/aromatic N) is 1. The molecule has 5 heteroatoms. The number of hydrogen-bond donors (Lipinski definition) is 1. The van der Waals surface area contributed by atoms with Crippen molar-refractivity contribution in [2.75, 3.05) is 19.7 Å². The molecule has 1 N–H and O–H groups in total. The van der Waals surface area contributed by atoms with Gasteiger partial charge in [0.25, 0.3) is 0 Å². The van der Waals surface area contributed by atoms with E-state index in [9.17, 15) is 4.79 Å². The van der Waals surface area contributed by atoms with E-state index in [0.717, 1.165) is 25.1 Å². The maximum absolute atomic E-state index is 12.1. The van der Waals surface area contributed by atoms with E-state index in [4.69, 9.17) is 16.3 Å². The summed E-state index contributed by atoms with van der Waals surface area (Å²) in [6.07, 6.45) is 0.874. The number of cyclic esters (lactones) is 1. The Labute approximate surface area is 124 Å². The standard InChI is InChI=1S/C15H19ClN2O2/c1-15(12-6-7-17-8-12)10-20-14(19)18(15)9-11-2-4-13(16)5-3-11/h2-5,12,17H,6-10H2,1H3. The molecule has 2 heterocycles. The first-order valence-electron chi connectivity index (χ1n) is 6.99. The Bertz CT molecular complexity index is 499. The molecule has 108 valence electrons. The van der Waals surface area contributed by atoms with Crippen LogP contribution in [0, 0.1) is 5.92 Å². The van der Waals surface area contributed by atoms with Crippen LogP contribution < -0.4 is 5.32 Å². The second kappa shape index (κ2) is 5.26. The fourth-order valence-electron chi connectivity index (χ4n) is 3.11. The molecule has 2 aliphatic rings. The van der Waals surface area contributed by atoms with Crippen molar-refractivity contribution in [3.8, 4) is 0 Å². The number of amides is 1. The van der Waals surface area contributed by atoms with E-state index in [-0.39, 0.29) is 11.6 Å². The molecule has 1 aromatic carbocycles. The molecule has 0 bridgehead atoms. The minimum absolute atomic E-state index is 0.214. The van der Waals surface area contributed by atoms with E-state index in [0.29, 0.717) is 24.1 Å². The monoisotopic (exact) mass is 294 g/mol. The zero-order valence-electron chi connectivity index (χ0n) is 11.6. The largest absolute Gasteiger partial charge is 0.447 e. The Morgan fingerprint density at radius 3 is 2.85 bits per heavy atom. The molecule has 2 atom stereocenters. The Morgan fingerprint density at radius 1 is 1.45 bits per heavy atom. The molecular formula is C15H19ClN2O2. The van der Waals surface area contributed by atoms with Crippen LogP contribution in [-0.2, 0) is 11.3 Å². The summed E-state index contributed by atoms with van der Waals surface area (Å²) in [5, 5.41) is 4.08. The van der Waals surface area contributed by atoms with Crippen molar-refractivity contribution in [3.63, 3.8) is 0 Å². The highest BCUT2D eigenvalue weighted by molar-refractivity contribution is 6.30. The number of hydrogen-bond acceptors (Lipinski definition) is 3. The smallest absolute Gasteiger partial charge is 0.410 e. The minimum atomic E-state index is -0.222. The van der Waals surface area contributed by atoms with Gasteiger partial charge in [-0.2, -0.15) is 0 Å². The van der Waals surface area contributed by atoms with Gasteiger partial charge in [-0.1, -0.05) is 23.7 Å². The second-order valence-corrected chi connectivity index (χ2v) is 6.25. The first-order valence-corrected chi connectivity index (χ1v) is 7.37. The highest BCUT2D eigenvalue weighted by Gasteiger charge is 2.49. The number of halogens is 1. The van der Waals surface area contributed by atoms with Gasteiger partial charge in [-0.15, -0.1) is 0 Å². The maximum Gasteiger partial charge on any atom is 0.410 e. The quantitative estimate of drug-likeness (QED) is 0.932. The maximum atomic E-state index is 12.1. The van der Waals surface area contributed by atoms with Crippen molar-refractivity contribution in [2.45, 2.75) is 25.4 Å². The van der Waals surface area contributed by atoms with E-state index in [2.05, 4.69) is 12.2 Å². The second-order valence-electron chi connectivity index (χ2n) is 5.81. The number of nitrogens with one attached hydrogen (secondary N) is 1. The molecule has 3 rings (SSSR count). The summed E-state index contributed by atoms with van der Waals surface area (Å²) in [6.45, 7) is 5.15. The molecular weight excluding hydrogens is 276 g/mol. The van der Waals surface area contributed by atoms with Gasteiger partial charge in [-0.25, -0.2) is 4.79 Å². The molecule has 2 aliphatic heterocycles. The van der Waals surface area contributed by atoms with E-state index in [1.807, 2.05) is 29.2 Å². The van der Waals surface area contributed by atoms with Gasteiger partial charge in [0.15, 0.2) is 0 Å². The van der Waals surface area contributed by atoms with E-state index < -0.39 is 0 Å². The van der Waals surface area contributed by atoms with Crippen molar-refractivity contribution in [1.82, 2.24) is 10.2 Å². The zero-order valence-corrected chi connectivity index (χ0v) is 12.3. The van der Waals surface area contributed by atoms with Gasteiger partial charge in [0, 0.05) is 18.1 Å². The van der Waals surface area contributed by atoms with Gasteiger partial charge < -0.3 is 10.1 Å². The molecule has 2 unspecified atom stereocenters. The number of ether oxygens (including phenoxy) is 1. The zero-order chi connectivity index (χ0) is 14.2. The summed E-state index contributed by atoms with van der Waals surface area (Å²) in [4.78, 5) is 13.9. The van der Waals surface area contributed by atoms with Crippen molar-refractivity contribution in [2.24, 2.45) is 5.92 Å². The van der Waals surface area contributed by atoms with Gasteiger partial charge >= 0.3 is 6.09 Å². The van der Waals surface area contributed by atoms with Gasteiger partial charge in [0.2, 0.25) is 0 Å². The van der Waals surface area contributed by atoms with Crippen LogP contribution in [0.2, 0.25) is 5.02 Å². The third kappa shape index (κ3) is 2.38. The SMILES string of the molecule is CC1(C2CCNC2)COC(=O)N1Cc1ccc(Cl)cc1. The minimum Gasteiger partial charge on any atom is -0.447 e. The fraction of sp³-hybridized carbons (Fsp3) is 0.533. The van der Waals surface area contributed by atoms with Crippen LogP contribution in [0.15, 0.2) is 24.3 Å². The van der Waals surface area contributed by atoms with Gasteiger partial charge in [-0.05, 0) is 43.5 Å². The van der Waals surface area contributed by atoms with E-state index in [1.165, 1.54) is 0 Å². The Morgan fingerprint density at radius 2 is 2.20 bits per heavy atom. The molecule has 2 fully saturated rings. The third-order valence-electron chi connectivity index (χ3n) is 4.52. The van der Waals surface area contributed by atoms with Crippen LogP contribution >= 0.6 is 11.6 Å². The predicted molar refractivity (Wildman–Crippen MR) is 77.7 cm³/mol. The molecule has 20 heavy (non-hydrogen) atoms. The van der Waals surface area contributed by atoms with Crippen molar-refractivity contribution in [1.29, 1.82) is 0 Å². The molecule has 0 radical (unpaired) electrons. The number of rotatable bonds is 3. The van der Waals surface area contributed by atoms with Gasteiger partial charge in [-0.3, -0.25) is 4.90 Å². The van der Waals surface area contributed by atoms with Crippen LogP contribution in [-0.4, -0.2) is 36.2 Å². The summed E-state index contributed by atoms with van der Waals surface area (Å²) >= 11 is 5.90. The number of carbonyl (C=O) groups is 1. The summed E-state index contributed by atoms with van der Waals surface area (Å²) in [7, 11) is 0. The van der Waals surface area contributed by atoms with Crippen LogP contribution in [0.3, 0.4) is 0 Å². The Balaban J connectivity index is 1.81. The third-order valence-corrected chi connectivity index (χ3v) is 4.77. The first-order chi connectivity index (χ1) is 9.59. The fourth-order valence-corrected chi connectivity index (χ4v) is 3.24. The normalized spacial score (nSPS) is 29.8. The first kappa shape index (κ1) is 13.7. The lowest BCUT2D eigenvalue weighted by atomic mass is 9.84. The lowest BCUT2D eigenvalue weighted by Crippen LogP contribution is -2.50.